The normalized spacial score (nSPS) is 23.6. The molecule has 0 bridgehead atoms. The van der Waals surface area contributed by atoms with Crippen molar-refractivity contribution >= 4 is 11.6 Å². The smallest absolute Gasteiger partial charge is 0.230 e. The first-order valence-electron chi connectivity index (χ1n) is 7.59. The first-order valence-corrected chi connectivity index (χ1v) is 7.59. The fraction of sp³-hybridized carbons (Fsp3) is 0.588. The van der Waals surface area contributed by atoms with Gasteiger partial charge in [0.05, 0.1) is 0 Å². The number of carbonyl (C=O) groups excluding carboxylic acids is 1. The topological polar surface area (TPSA) is 32.3 Å². The largest absolute Gasteiger partial charge is 0.317 e. The Morgan fingerprint density at radius 2 is 1.95 bits per heavy atom. The molecule has 1 atom stereocenters. The van der Waals surface area contributed by atoms with Crippen LogP contribution >= 0.6 is 0 Å². The monoisotopic (exact) mass is 272 g/mol. The maximum absolute atomic E-state index is 12.7. The van der Waals surface area contributed by atoms with Crippen molar-refractivity contribution in [3.05, 3.63) is 29.3 Å². The number of nitrogens with zero attached hydrogens (tertiary/aromatic N) is 1. The van der Waals surface area contributed by atoms with E-state index in [9.17, 15) is 4.79 Å². The van der Waals surface area contributed by atoms with Crippen LogP contribution in [0, 0.1) is 25.2 Å². The van der Waals surface area contributed by atoms with Crippen molar-refractivity contribution in [3.8, 4) is 0 Å². The van der Waals surface area contributed by atoms with E-state index in [1.807, 2.05) is 11.9 Å². The van der Waals surface area contributed by atoms with Gasteiger partial charge in [-0.1, -0.05) is 6.07 Å². The second-order valence-electron chi connectivity index (χ2n) is 6.53. The lowest BCUT2D eigenvalue weighted by molar-refractivity contribution is -0.120. The minimum atomic E-state index is 0.246. The van der Waals surface area contributed by atoms with E-state index < -0.39 is 0 Å². The lowest BCUT2D eigenvalue weighted by atomic mass is 9.91. The number of rotatable bonds is 2. The third-order valence-corrected chi connectivity index (χ3v) is 5.30. The Morgan fingerprint density at radius 3 is 2.60 bits per heavy atom. The van der Waals surface area contributed by atoms with Crippen LogP contribution in [-0.4, -0.2) is 26.0 Å². The SMILES string of the molecule is Cc1ccc(N(C)C(=O)C2CC23CCNCC3)cc1C. The number of nitrogens with one attached hydrogen (secondary N) is 1. The Kier molecular flexibility index (Phi) is 3.33. The summed E-state index contributed by atoms with van der Waals surface area (Å²) in [5.41, 5.74) is 3.86. The third kappa shape index (κ3) is 2.24. The number of benzene rings is 1. The van der Waals surface area contributed by atoms with E-state index in [0.717, 1.165) is 38.0 Å². The van der Waals surface area contributed by atoms with Crippen molar-refractivity contribution < 1.29 is 4.79 Å². The zero-order valence-corrected chi connectivity index (χ0v) is 12.7. The van der Waals surface area contributed by atoms with Crippen LogP contribution < -0.4 is 10.2 Å². The molecular formula is C17H24N2O. The van der Waals surface area contributed by atoms with Gasteiger partial charge in [-0.3, -0.25) is 4.79 Å². The van der Waals surface area contributed by atoms with Gasteiger partial charge < -0.3 is 10.2 Å². The van der Waals surface area contributed by atoms with Gasteiger partial charge in [0.15, 0.2) is 0 Å². The summed E-state index contributed by atoms with van der Waals surface area (Å²) in [6.45, 7) is 6.34. The fourth-order valence-electron chi connectivity index (χ4n) is 3.47. The Balaban J connectivity index is 1.73. The van der Waals surface area contributed by atoms with E-state index in [0.29, 0.717) is 11.3 Å². The molecule has 1 unspecified atom stereocenters. The van der Waals surface area contributed by atoms with Crippen LogP contribution in [0.4, 0.5) is 5.69 Å². The standard InChI is InChI=1S/C17H24N2O/c1-12-4-5-14(10-13(12)2)19(3)16(20)15-11-17(15)6-8-18-9-7-17/h4-5,10,15,18H,6-9,11H2,1-3H3. The molecule has 3 nitrogen and oxygen atoms in total. The molecule has 1 saturated carbocycles. The van der Waals surface area contributed by atoms with Crippen LogP contribution in [0.25, 0.3) is 0 Å². The van der Waals surface area contributed by atoms with Gasteiger partial charge in [0.25, 0.3) is 0 Å². The molecule has 1 N–H and O–H groups in total. The van der Waals surface area contributed by atoms with Crippen molar-refractivity contribution in [2.45, 2.75) is 33.1 Å². The average molecular weight is 272 g/mol. The summed E-state index contributed by atoms with van der Waals surface area (Å²) in [6.07, 6.45) is 3.40. The lowest BCUT2D eigenvalue weighted by Gasteiger charge is -2.25. The Labute approximate surface area is 121 Å². The van der Waals surface area contributed by atoms with E-state index in [4.69, 9.17) is 0 Å². The number of carbonyl (C=O) groups is 1. The fourth-order valence-corrected chi connectivity index (χ4v) is 3.47. The van der Waals surface area contributed by atoms with Gasteiger partial charge in [0.2, 0.25) is 5.91 Å². The Bertz CT molecular complexity index is 532. The highest BCUT2D eigenvalue weighted by molar-refractivity contribution is 5.97. The summed E-state index contributed by atoms with van der Waals surface area (Å²) < 4.78 is 0. The summed E-state index contributed by atoms with van der Waals surface area (Å²) >= 11 is 0. The molecule has 1 saturated heterocycles. The average Bonchev–Trinajstić information content (AvgIpc) is 3.14. The highest BCUT2D eigenvalue weighted by Crippen LogP contribution is 2.59. The molecule has 1 aromatic rings. The molecule has 1 spiro atoms. The van der Waals surface area contributed by atoms with Crippen LogP contribution in [0.2, 0.25) is 0 Å². The predicted molar refractivity (Wildman–Crippen MR) is 82.0 cm³/mol. The van der Waals surface area contributed by atoms with Crippen LogP contribution in [0.5, 0.6) is 0 Å². The minimum Gasteiger partial charge on any atom is -0.317 e. The maximum atomic E-state index is 12.7. The Hall–Kier alpha value is -1.35. The van der Waals surface area contributed by atoms with Crippen molar-refractivity contribution in [1.82, 2.24) is 5.32 Å². The lowest BCUT2D eigenvalue weighted by Crippen LogP contribution is -2.34. The van der Waals surface area contributed by atoms with Crippen LogP contribution in [0.3, 0.4) is 0 Å². The molecule has 108 valence electrons. The van der Waals surface area contributed by atoms with Crippen LogP contribution in [0.1, 0.15) is 30.4 Å². The van der Waals surface area contributed by atoms with E-state index in [1.54, 1.807) is 0 Å². The Morgan fingerprint density at radius 1 is 1.25 bits per heavy atom. The zero-order valence-electron chi connectivity index (χ0n) is 12.7. The molecule has 1 aromatic carbocycles. The third-order valence-electron chi connectivity index (χ3n) is 5.30. The van der Waals surface area contributed by atoms with Crippen molar-refractivity contribution in [2.24, 2.45) is 11.3 Å². The molecule has 1 aliphatic heterocycles. The highest BCUT2D eigenvalue weighted by atomic mass is 16.2. The van der Waals surface area contributed by atoms with Crippen molar-refractivity contribution in [1.29, 1.82) is 0 Å². The quantitative estimate of drug-likeness (QED) is 0.897. The molecule has 0 radical (unpaired) electrons. The number of hydrogen-bond acceptors (Lipinski definition) is 2. The molecular weight excluding hydrogens is 248 g/mol. The molecule has 3 rings (SSSR count). The summed E-state index contributed by atoms with van der Waals surface area (Å²) in [4.78, 5) is 14.5. The molecule has 2 aliphatic rings. The number of aryl methyl sites for hydroxylation is 2. The first-order chi connectivity index (χ1) is 9.53. The van der Waals surface area contributed by atoms with E-state index in [-0.39, 0.29) is 5.92 Å². The molecule has 0 aromatic heterocycles. The highest BCUT2D eigenvalue weighted by Gasteiger charge is 2.58. The molecule has 2 fully saturated rings. The van der Waals surface area contributed by atoms with Gasteiger partial charge in [-0.05, 0) is 74.9 Å². The van der Waals surface area contributed by atoms with E-state index in [2.05, 4.69) is 37.4 Å². The summed E-state index contributed by atoms with van der Waals surface area (Å²) in [6, 6.07) is 6.27. The maximum Gasteiger partial charge on any atom is 0.230 e. The summed E-state index contributed by atoms with van der Waals surface area (Å²) in [5, 5.41) is 3.39. The van der Waals surface area contributed by atoms with Gasteiger partial charge in [-0.15, -0.1) is 0 Å². The molecule has 1 heterocycles. The van der Waals surface area contributed by atoms with E-state index >= 15 is 0 Å². The second-order valence-corrected chi connectivity index (χ2v) is 6.53. The van der Waals surface area contributed by atoms with Gasteiger partial charge >= 0.3 is 0 Å². The van der Waals surface area contributed by atoms with Gasteiger partial charge in [0, 0.05) is 18.7 Å². The summed E-state index contributed by atoms with van der Waals surface area (Å²) in [7, 11) is 1.92. The van der Waals surface area contributed by atoms with Crippen LogP contribution in [0.15, 0.2) is 18.2 Å². The summed E-state index contributed by atoms with van der Waals surface area (Å²) in [5.74, 6) is 0.548. The van der Waals surface area contributed by atoms with Crippen LogP contribution in [-0.2, 0) is 4.79 Å². The van der Waals surface area contributed by atoms with E-state index in [1.165, 1.54) is 11.1 Å². The number of hydrogen-bond donors (Lipinski definition) is 1. The molecule has 1 aliphatic carbocycles. The number of amides is 1. The first kappa shape index (κ1) is 13.6. The number of anilines is 1. The van der Waals surface area contributed by atoms with Crippen molar-refractivity contribution in [2.75, 3.05) is 25.0 Å². The molecule has 1 amide bonds. The van der Waals surface area contributed by atoms with Gasteiger partial charge in [-0.25, -0.2) is 0 Å². The predicted octanol–water partition coefficient (Wildman–Crippen LogP) is 2.66. The molecule has 3 heteroatoms. The van der Waals surface area contributed by atoms with Gasteiger partial charge in [-0.2, -0.15) is 0 Å². The minimum absolute atomic E-state index is 0.246. The second kappa shape index (κ2) is 4.88. The number of piperidine rings is 1. The zero-order chi connectivity index (χ0) is 14.3. The van der Waals surface area contributed by atoms with Crippen molar-refractivity contribution in [3.63, 3.8) is 0 Å². The molecule has 20 heavy (non-hydrogen) atoms. The van der Waals surface area contributed by atoms with Gasteiger partial charge in [0.1, 0.15) is 0 Å².